The zero-order valence-electron chi connectivity index (χ0n) is 7.73. The minimum absolute atomic E-state index is 0.0339. The lowest BCUT2D eigenvalue weighted by atomic mass is 10.4. The standard InChI is InChI=1S/C7H13NO5S/c1-13-7(12)8-6(11)4-14-3-5(10)2-9/h5,9-10H,2-4H2,1H3,(H,8,11,12). The third-order valence-electron chi connectivity index (χ3n) is 1.18. The summed E-state index contributed by atoms with van der Waals surface area (Å²) < 4.78 is 4.20. The van der Waals surface area contributed by atoms with Gasteiger partial charge in [-0.25, -0.2) is 4.79 Å². The number of thioether (sulfide) groups is 1. The molecule has 82 valence electrons. The highest BCUT2D eigenvalue weighted by molar-refractivity contribution is 7.99. The molecule has 7 heteroatoms. The minimum atomic E-state index is -0.842. The average Bonchev–Trinajstić information content (AvgIpc) is 2.17. The van der Waals surface area contributed by atoms with Gasteiger partial charge in [0.2, 0.25) is 5.91 Å². The third kappa shape index (κ3) is 6.70. The second kappa shape index (κ2) is 7.60. The lowest BCUT2D eigenvalue weighted by molar-refractivity contribution is -0.117. The molecule has 14 heavy (non-hydrogen) atoms. The molecule has 0 saturated carbocycles. The molecule has 0 aliphatic rings. The number of alkyl carbamates (subject to hydrolysis) is 1. The summed E-state index contributed by atoms with van der Waals surface area (Å²) in [6.07, 6.45) is -1.65. The van der Waals surface area contributed by atoms with Gasteiger partial charge in [-0.1, -0.05) is 0 Å². The largest absolute Gasteiger partial charge is 0.453 e. The van der Waals surface area contributed by atoms with E-state index in [0.717, 1.165) is 18.9 Å². The van der Waals surface area contributed by atoms with Gasteiger partial charge in [-0.15, -0.1) is 11.8 Å². The molecule has 3 N–H and O–H groups in total. The van der Waals surface area contributed by atoms with Gasteiger partial charge < -0.3 is 14.9 Å². The summed E-state index contributed by atoms with van der Waals surface area (Å²) in [4.78, 5) is 21.4. The maximum atomic E-state index is 10.9. The van der Waals surface area contributed by atoms with Gasteiger partial charge in [0.25, 0.3) is 0 Å². The fraction of sp³-hybridized carbons (Fsp3) is 0.714. The van der Waals surface area contributed by atoms with E-state index in [2.05, 4.69) is 4.74 Å². The number of imide groups is 1. The van der Waals surface area contributed by atoms with Crippen molar-refractivity contribution in [2.45, 2.75) is 6.10 Å². The molecule has 0 aromatic rings. The van der Waals surface area contributed by atoms with E-state index in [1.807, 2.05) is 5.32 Å². The normalized spacial score (nSPS) is 11.9. The Morgan fingerprint density at radius 3 is 2.71 bits per heavy atom. The molecule has 0 spiro atoms. The summed E-state index contributed by atoms with van der Waals surface area (Å²) in [5.74, 6) is -0.218. The lowest BCUT2D eigenvalue weighted by Gasteiger charge is -2.05. The number of rotatable bonds is 5. The number of hydrogen-bond donors (Lipinski definition) is 3. The highest BCUT2D eigenvalue weighted by atomic mass is 32.2. The van der Waals surface area contributed by atoms with Crippen LogP contribution in [0.5, 0.6) is 0 Å². The number of nitrogens with one attached hydrogen (secondary N) is 1. The van der Waals surface area contributed by atoms with Crippen LogP contribution in [-0.2, 0) is 9.53 Å². The Hall–Kier alpha value is -0.790. The van der Waals surface area contributed by atoms with E-state index in [1.54, 1.807) is 0 Å². The van der Waals surface area contributed by atoms with Gasteiger partial charge in [-0.2, -0.15) is 0 Å². The Kier molecular flexibility index (Phi) is 7.17. The first-order valence-corrected chi connectivity index (χ1v) is 5.00. The van der Waals surface area contributed by atoms with Crippen LogP contribution in [0.4, 0.5) is 4.79 Å². The van der Waals surface area contributed by atoms with Crippen LogP contribution >= 0.6 is 11.8 Å². The number of carbonyl (C=O) groups is 2. The molecule has 0 aromatic heterocycles. The van der Waals surface area contributed by atoms with Crippen molar-refractivity contribution in [3.63, 3.8) is 0 Å². The van der Waals surface area contributed by atoms with E-state index < -0.39 is 18.1 Å². The Balaban J connectivity index is 3.49. The maximum absolute atomic E-state index is 10.9. The second-order valence-corrected chi connectivity index (χ2v) is 3.42. The molecule has 6 nitrogen and oxygen atoms in total. The van der Waals surface area contributed by atoms with Crippen LogP contribution in [-0.4, -0.2) is 53.5 Å². The first kappa shape index (κ1) is 13.2. The van der Waals surface area contributed by atoms with Crippen LogP contribution in [0.2, 0.25) is 0 Å². The fourth-order valence-electron chi connectivity index (χ4n) is 0.541. The summed E-state index contributed by atoms with van der Waals surface area (Å²) >= 11 is 1.12. The molecule has 2 amide bonds. The van der Waals surface area contributed by atoms with Gasteiger partial charge in [0.15, 0.2) is 0 Å². The zero-order valence-corrected chi connectivity index (χ0v) is 8.54. The Labute approximate surface area is 85.6 Å². The van der Waals surface area contributed by atoms with Crippen molar-refractivity contribution in [2.24, 2.45) is 0 Å². The van der Waals surface area contributed by atoms with Gasteiger partial charge in [0.1, 0.15) is 0 Å². The topological polar surface area (TPSA) is 95.9 Å². The van der Waals surface area contributed by atoms with Crippen molar-refractivity contribution in [1.82, 2.24) is 5.32 Å². The van der Waals surface area contributed by atoms with Gasteiger partial charge in [0.05, 0.1) is 25.6 Å². The maximum Gasteiger partial charge on any atom is 0.413 e. The first-order chi connectivity index (χ1) is 6.60. The van der Waals surface area contributed by atoms with Gasteiger partial charge in [0, 0.05) is 5.75 Å². The minimum Gasteiger partial charge on any atom is -0.453 e. The van der Waals surface area contributed by atoms with Gasteiger partial charge in [-0.3, -0.25) is 10.1 Å². The Morgan fingerprint density at radius 1 is 1.57 bits per heavy atom. The van der Waals surface area contributed by atoms with Crippen LogP contribution in [0.1, 0.15) is 0 Å². The molecule has 0 aliphatic carbocycles. The molecule has 0 bridgehead atoms. The third-order valence-corrected chi connectivity index (χ3v) is 2.27. The van der Waals surface area contributed by atoms with Crippen molar-refractivity contribution in [3.05, 3.63) is 0 Å². The molecule has 0 fully saturated rings. The predicted octanol–water partition coefficient (Wildman–Crippen LogP) is -1.04. The molecule has 0 aromatic carbocycles. The number of methoxy groups -OCH3 is 1. The smallest absolute Gasteiger partial charge is 0.413 e. The average molecular weight is 223 g/mol. The molecule has 0 radical (unpaired) electrons. The summed E-state index contributed by atoms with van der Waals surface area (Å²) in [6.45, 7) is -0.342. The monoisotopic (exact) mass is 223 g/mol. The molecular formula is C7H13NO5S. The zero-order chi connectivity index (χ0) is 11.0. The highest BCUT2D eigenvalue weighted by Crippen LogP contribution is 2.01. The Morgan fingerprint density at radius 2 is 2.21 bits per heavy atom. The lowest BCUT2D eigenvalue weighted by Crippen LogP contribution is -2.32. The van der Waals surface area contributed by atoms with E-state index >= 15 is 0 Å². The molecular weight excluding hydrogens is 210 g/mol. The van der Waals surface area contributed by atoms with Crippen molar-refractivity contribution >= 4 is 23.8 Å². The molecule has 0 saturated heterocycles. The van der Waals surface area contributed by atoms with E-state index in [0.29, 0.717) is 0 Å². The van der Waals surface area contributed by atoms with Crippen LogP contribution < -0.4 is 5.32 Å². The summed E-state index contributed by atoms with van der Waals surface area (Å²) in [5.41, 5.74) is 0. The van der Waals surface area contributed by atoms with Crippen molar-refractivity contribution < 1.29 is 24.5 Å². The van der Waals surface area contributed by atoms with Crippen molar-refractivity contribution in [1.29, 1.82) is 0 Å². The molecule has 1 unspecified atom stereocenters. The summed E-state index contributed by atoms with van der Waals surface area (Å²) in [7, 11) is 1.16. The molecule has 0 aliphatic heterocycles. The second-order valence-electron chi connectivity index (χ2n) is 2.39. The number of hydrogen-bond acceptors (Lipinski definition) is 6. The van der Waals surface area contributed by atoms with E-state index in [9.17, 15) is 9.59 Å². The molecule has 0 heterocycles. The van der Waals surface area contributed by atoms with Crippen LogP contribution in [0.15, 0.2) is 0 Å². The highest BCUT2D eigenvalue weighted by Gasteiger charge is 2.08. The van der Waals surface area contributed by atoms with E-state index in [4.69, 9.17) is 10.2 Å². The Bertz CT molecular complexity index is 199. The molecule has 1 atom stereocenters. The van der Waals surface area contributed by atoms with E-state index in [1.165, 1.54) is 0 Å². The van der Waals surface area contributed by atoms with Crippen molar-refractivity contribution in [3.8, 4) is 0 Å². The van der Waals surface area contributed by atoms with Gasteiger partial charge in [-0.05, 0) is 0 Å². The SMILES string of the molecule is COC(=O)NC(=O)CSCC(O)CO. The van der Waals surface area contributed by atoms with Crippen LogP contribution in [0.25, 0.3) is 0 Å². The number of aliphatic hydroxyl groups excluding tert-OH is 2. The summed E-state index contributed by atoms with van der Waals surface area (Å²) in [6, 6.07) is 0. The van der Waals surface area contributed by atoms with Crippen LogP contribution in [0.3, 0.4) is 0 Å². The molecule has 0 rings (SSSR count). The first-order valence-electron chi connectivity index (χ1n) is 3.84. The number of carbonyl (C=O) groups excluding carboxylic acids is 2. The van der Waals surface area contributed by atoms with Crippen LogP contribution in [0, 0.1) is 0 Å². The number of aliphatic hydroxyl groups is 2. The fourth-order valence-corrected chi connectivity index (χ4v) is 1.29. The number of amides is 2. The predicted molar refractivity (Wildman–Crippen MR) is 51.0 cm³/mol. The van der Waals surface area contributed by atoms with Crippen molar-refractivity contribution in [2.75, 3.05) is 25.2 Å². The quantitative estimate of drug-likeness (QED) is 0.550. The van der Waals surface area contributed by atoms with Gasteiger partial charge >= 0.3 is 6.09 Å². The number of ether oxygens (including phenoxy) is 1. The van der Waals surface area contributed by atoms with E-state index in [-0.39, 0.29) is 18.1 Å². The summed E-state index contributed by atoms with van der Waals surface area (Å²) in [5, 5.41) is 19.3.